The van der Waals surface area contributed by atoms with Gasteiger partial charge in [-0.25, -0.2) is 9.59 Å². The number of hydrogen-bond donors (Lipinski definition) is 5. The molecule has 1 aliphatic rings. The number of carbonyl (C=O) groups is 2. The van der Waals surface area contributed by atoms with Crippen LogP contribution in [0.1, 0.15) is 13.3 Å². The molecule has 1 rings (SSSR count). The average molecular weight is 396 g/mol. The minimum absolute atomic E-state index is 0.0580. The number of aliphatic hydroxyl groups is 4. The molecule has 1 fully saturated rings. The second-order valence-electron chi connectivity index (χ2n) is 7.22. The van der Waals surface area contributed by atoms with Gasteiger partial charge in [-0.2, -0.15) is 0 Å². The fraction of sp³-hybridized carbons (Fsp3) is 0.500. The van der Waals surface area contributed by atoms with E-state index in [1.54, 1.807) is 6.92 Å². The first-order valence-electron chi connectivity index (χ1n) is 8.66. The number of carboxylic acids is 1. The normalized spacial score (nSPS) is 30.8. The molecule has 5 N–H and O–H groups in total. The van der Waals surface area contributed by atoms with Crippen LogP contribution < -0.4 is 0 Å². The molecule has 8 nitrogen and oxygen atoms in total. The number of rotatable bonds is 9. The second kappa shape index (κ2) is 9.29. The Hall–Kier alpha value is -2.26. The standard InChI is InChI=1S/C20H28O8/c1-6-20(5)7-14(28-19(27)11(3)13(23)9-22)15(12(4)18(25)26)17(24)16(20)10(2)8-21/h6,13-17,21-24H,1-4,7-9H2,5H3,(H,25,26)/t13-,14-,15+,16-,17+,20+/m0/s1. The van der Waals surface area contributed by atoms with Crippen molar-refractivity contribution in [2.24, 2.45) is 17.3 Å². The van der Waals surface area contributed by atoms with Crippen molar-refractivity contribution in [2.75, 3.05) is 13.2 Å². The van der Waals surface area contributed by atoms with Crippen LogP contribution in [0, 0.1) is 17.3 Å². The Morgan fingerprint density at radius 1 is 1.29 bits per heavy atom. The third-order valence-corrected chi connectivity index (χ3v) is 5.34. The van der Waals surface area contributed by atoms with Gasteiger partial charge in [0.25, 0.3) is 0 Å². The van der Waals surface area contributed by atoms with Crippen molar-refractivity contribution in [1.82, 2.24) is 0 Å². The number of esters is 1. The molecule has 0 aromatic carbocycles. The highest BCUT2D eigenvalue weighted by Gasteiger charge is 2.53. The summed E-state index contributed by atoms with van der Waals surface area (Å²) in [6.45, 7) is 14.9. The third-order valence-electron chi connectivity index (χ3n) is 5.34. The van der Waals surface area contributed by atoms with Crippen molar-refractivity contribution in [3.8, 4) is 0 Å². The van der Waals surface area contributed by atoms with E-state index in [4.69, 9.17) is 9.84 Å². The van der Waals surface area contributed by atoms with Crippen LogP contribution >= 0.6 is 0 Å². The number of aliphatic hydroxyl groups excluding tert-OH is 4. The van der Waals surface area contributed by atoms with Gasteiger partial charge in [-0.05, 0) is 17.4 Å². The molecule has 8 heteroatoms. The molecule has 1 saturated carbocycles. The minimum Gasteiger partial charge on any atom is -0.478 e. The van der Waals surface area contributed by atoms with Crippen LogP contribution in [0.2, 0.25) is 0 Å². The summed E-state index contributed by atoms with van der Waals surface area (Å²) in [4.78, 5) is 23.8. The summed E-state index contributed by atoms with van der Waals surface area (Å²) in [5.74, 6) is -4.36. The highest BCUT2D eigenvalue weighted by Crippen LogP contribution is 2.50. The van der Waals surface area contributed by atoms with Crippen LogP contribution in [0.4, 0.5) is 0 Å². The lowest BCUT2D eigenvalue weighted by Crippen LogP contribution is -2.54. The topological polar surface area (TPSA) is 145 Å². The van der Waals surface area contributed by atoms with Gasteiger partial charge in [-0.1, -0.05) is 32.7 Å². The van der Waals surface area contributed by atoms with Crippen LogP contribution in [-0.4, -0.2) is 69.0 Å². The number of hydrogen-bond acceptors (Lipinski definition) is 7. The van der Waals surface area contributed by atoms with E-state index in [-0.39, 0.29) is 17.6 Å². The average Bonchev–Trinajstić information content (AvgIpc) is 2.65. The molecule has 156 valence electrons. The molecule has 0 aliphatic heterocycles. The Balaban J connectivity index is 3.35. The number of carbonyl (C=O) groups excluding carboxylic acids is 1. The summed E-state index contributed by atoms with van der Waals surface area (Å²) in [6.07, 6.45) is -2.45. The van der Waals surface area contributed by atoms with Gasteiger partial charge in [0.15, 0.2) is 0 Å². The Morgan fingerprint density at radius 2 is 1.86 bits per heavy atom. The molecule has 0 aromatic rings. The van der Waals surface area contributed by atoms with Crippen molar-refractivity contribution in [2.45, 2.75) is 31.7 Å². The van der Waals surface area contributed by atoms with Crippen LogP contribution in [0.15, 0.2) is 49.1 Å². The highest BCUT2D eigenvalue weighted by molar-refractivity contribution is 5.89. The van der Waals surface area contributed by atoms with Gasteiger partial charge < -0.3 is 30.3 Å². The van der Waals surface area contributed by atoms with Crippen LogP contribution in [0.3, 0.4) is 0 Å². The molecule has 28 heavy (non-hydrogen) atoms. The predicted octanol–water partition coefficient (Wildman–Crippen LogP) is 0.186. The molecule has 0 aromatic heterocycles. The molecule has 0 heterocycles. The van der Waals surface area contributed by atoms with Crippen molar-refractivity contribution < 1.29 is 39.9 Å². The van der Waals surface area contributed by atoms with Gasteiger partial charge >= 0.3 is 11.9 Å². The Bertz CT molecular complexity index is 682. The maximum atomic E-state index is 12.3. The zero-order chi connectivity index (χ0) is 21.8. The first-order chi connectivity index (χ1) is 12.9. The lowest BCUT2D eigenvalue weighted by Gasteiger charge is -2.50. The zero-order valence-electron chi connectivity index (χ0n) is 15.9. The van der Waals surface area contributed by atoms with E-state index in [2.05, 4.69) is 26.3 Å². The van der Waals surface area contributed by atoms with E-state index in [9.17, 15) is 30.0 Å². The molecular formula is C20H28O8. The minimum atomic E-state index is -1.53. The lowest BCUT2D eigenvalue weighted by atomic mass is 9.58. The van der Waals surface area contributed by atoms with E-state index in [1.165, 1.54) is 6.08 Å². The molecule has 0 radical (unpaired) electrons. The monoisotopic (exact) mass is 396 g/mol. The van der Waals surface area contributed by atoms with Gasteiger partial charge in [-0.15, -0.1) is 6.58 Å². The Kier molecular flexibility index (Phi) is 7.89. The van der Waals surface area contributed by atoms with Gasteiger partial charge in [0, 0.05) is 11.5 Å². The van der Waals surface area contributed by atoms with Crippen molar-refractivity contribution in [1.29, 1.82) is 0 Å². The summed E-state index contributed by atoms with van der Waals surface area (Å²) in [5.41, 5.74) is -1.38. The number of carboxylic acid groups (broad SMARTS) is 1. The molecule has 0 saturated heterocycles. The van der Waals surface area contributed by atoms with E-state index < -0.39 is 66.3 Å². The third kappa shape index (κ3) is 4.59. The summed E-state index contributed by atoms with van der Waals surface area (Å²) in [5, 5.41) is 48.4. The van der Waals surface area contributed by atoms with Gasteiger partial charge in [0.1, 0.15) is 12.2 Å². The number of ether oxygens (including phenoxy) is 1. The molecule has 1 aliphatic carbocycles. The summed E-state index contributed by atoms with van der Waals surface area (Å²) in [6, 6.07) is 0. The van der Waals surface area contributed by atoms with E-state index in [0.717, 1.165) is 0 Å². The van der Waals surface area contributed by atoms with Crippen LogP contribution in [0.5, 0.6) is 0 Å². The molecule has 0 unspecified atom stereocenters. The van der Waals surface area contributed by atoms with Crippen molar-refractivity contribution in [3.05, 3.63) is 49.1 Å². The van der Waals surface area contributed by atoms with E-state index in [1.807, 2.05) is 0 Å². The van der Waals surface area contributed by atoms with Crippen LogP contribution in [-0.2, 0) is 14.3 Å². The molecule has 0 spiro atoms. The quantitative estimate of drug-likeness (QED) is 0.211. The van der Waals surface area contributed by atoms with Gasteiger partial charge in [-0.3, -0.25) is 0 Å². The Morgan fingerprint density at radius 3 is 2.29 bits per heavy atom. The summed E-state index contributed by atoms with van der Waals surface area (Å²) in [7, 11) is 0. The van der Waals surface area contributed by atoms with Gasteiger partial charge in [0.2, 0.25) is 0 Å². The maximum Gasteiger partial charge on any atom is 0.336 e. The first kappa shape index (κ1) is 23.8. The molecule has 0 amide bonds. The number of allylic oxidation sites excluding steroid dienone is 1. The highest BCUT2D eigenvalue weighted by atomic mass is 16.5. The summed E-state index contributed by atoms with van der Waals surface area (Å²) >= 11 is 0. The fourth-order valence-corrected chi connectivity index (χ4v) is 3.67. The lowest BCUT2D eigenvalue weighted by molar-refractivity contribution is -0.162. The molecular weight excluding hydrogens is 368 g/mol. The predicted molar refractivity (Wildman–Crippen MR) is 101 cm³/mol. The second-order valence-corrected chi connectivity index (χ2v) is 7.22. The Labute approximate surface area is 163 Å². The van der Waals surface area contributed by atoms with Gasteiger partial charge in [0.05, 0.1) is 30.8 Å². The fourth-order valence-electron chi connectivity index (χ4n) is 3.67. The smallest absolute Gasteiger partial charge is 0.336 e. The van der Waals surface area contributed by atoms with Crippen LogP contribution in [0.25, 0.3) is 0 Å². The zero-order valence-corrected chi connectivity index (χ0v) is 15.9. The van der Waals surface area contributed by atoms with Crippen molar-refractivity contribution in [3.63, 3.8) is 0 Å². The molecule has 6 atom stereocenters. The molecule has 0 bridgehead atoms. The maximum absolute atomic E-state index is 12.3. The van der Waals surface area contributed by atoms with E-state index in [0.29, 0.717) is 0 Å². The summed E-state index contributed by atoms with van der Waals surface area (Å²) < 4.78 is 5.36. The first-order valence-corrected chi connectivity index (χ1v) is 8.66. The number of aliphatic carboxylic acids is 1. The van der Waals surface area contributed by atoms with E-state index >= 15 is 0 Å². The SMILES string of the molecule is C=C[C@]1(C)C[C@H](OC(=O)C(=C)[C@@H](O)CO)[C@@H](C(=C)C(=O)O)[C@@H](O)[C@@H]1C(=C)CO. The van der Waals surface area contributed by atoms with Crippen molar-refractivity contribution >= 4 is 11.9 Å². The largest absolute Gasteiger partial charge is 0.478 e.